The lowest BCUT2D eigenvalue weighted by atomic mass is 9.94. The maximum Gasteiger partial charge on any atom is 0.415 e. The van der Waals surface area contributed by atoms with Gasteiger partial charge in [-0.2, -0.15) is 13.2 Å². The van der Waals surface area contributed by atoms with Crippen LogP contribution in [0, 0.1) is 40.8 Å². The first-order chi connectivity index (χ1) is 32.9. The molecule has 0 saturated carbocycles. The minimum Gasteiger partial charge on any atom is -0.309 e. The number of rotatable bonds is 6. The molecular formula is C61H41F3N4. The van der Waals surface area contributed by atoms with E-state index in [1.165, 1.54) is 28.3 Å². The van der Waals surface area contributed by atoms with Crippen molar-refractivity contribution in [2.45, 2.75) is 33.9 Å². The molecule has 7 heteroatoms. The zero-order valence-corrected chi connectivity index (χ0v) is 37.7. The van der Waals surface area contributed by atoms with Crippen LogP contribution in [0.25, 0.3) is 109 Å². The molecule has 0 unspecified atom stereocenters. The van der Waals surface area contributed by atoms with E-state index in [1.54, 1.807) is 0 Å². The number of hydrogen-bond donors (Lipinski definition) is 0. The molecule has 2 heterocycles. The number of benzene rings is 9. The molecule has 4 nitrogen and oxygen atoms in total. The van der Waals surface area contributed by atoms with E-state index in [0.717, 1.165) is 100 Å². The third-order valence-corrected chi connectivity index (χ3v) is 13.1. The summed E-state index contributed by atoms with van der Waals surface area (Å²) in [6, 6.07) is 57.9. The van der Waals surface area contributed by atoms with E-state index >= 15 is 0 Å². The molecule has 0 bridgehead atoms. The van der Waals surface area contributed by atoms with E-state index in [0.29, 0.717) is 16.8 Å². The fraction of sp³-hybridized carbons (Fsp3) is 0.0820. The lowest BCUT2D eigenvalue weighted by molar-refractivity contribution is -0.137. The van der Waals surface area contributed by atoms with E-state index in [9.17, 15) is 13.2 Å². The highest BCUT2D eigenvalue weighted by Crippen LogP contribution is 2.46. The lowest BCUT2D eigenvalue weighted by Crippen LogP contribution is -2.04. The summed E-state index contributed by atoms with van der Waals surface area (Å²) < 4.78 is 46.5. The quantitative estimate of drug-likeness (QED) is 0.148. The maximum absolute atomic E-state index is 14.0. The van der Waals surface area contributed by atoms with Gasteiger partial charge in [-0.25, -0.2) is 9.69 Å². The molecule has 0 aliphatic heterocycles. The Bertz CT molecular complexity index is 3940. The first-order valence-corrected chi connectivity index (χ1v) is 22.4. The average Bonchev–Trinajstić information content (AvgIpc) is 3.84. The first kappa shape index (κ1) is 42.0. The second-order valence-corrected chi connectivity index (χ2v) is 17.8. The smallest absolute Gasteiger partial charge is 0.309 e. The SMILES string of the molecule is [C-]#[N+]c1ccc(-n2c3ccccc3c3cc(-c4cc(C)cc(C)c4)ccc32)c(-c2ccc(-c3ccc(C(F)(F)F)cc3[N+]#[C-])cc2-n2c3ccccc3c3cc(-c4cc(C)cc(C)c4)ccc32)c1. The molecular weight excluding hydrogens is 846 g/mol. The largest absolute Gasteiger partial charge is 0.415 e. The van der Waals surface area contributed by atoms with Gasteiger partial charge < -0.3 is 9.13 Å². The monoisotopic (exact) mass is 886 g/mol. The van der Waals surface area contributed by atoms with Gasteiger partial charge in [0.25, 0.3) is 0 Å². The highest BCUT2D eigenvalue weighted by atomic mass is 19.4. The Morgan fingerprint density at radius 3 is 1.41 bits per heavy atom. The van der Waals surface area contributed by atoms with Crippen LogP contribution in [0.4, 0.5) is 24.5 Å². The summed E-state index contributed by atoms with van der Waals surface area (Å²) in [7, 11) is 0. The van der Waals surface area contributed by atoms with E-state index in [2.05, 4.69) is 150 Å². The summed E-state index contributed by atoms with van der Waals surface area (Å²) in [5, 5.41) is 4.23. The van der Waals surface area contributed by atoms with Crippen LogP contribution in [0.3, 0.4) is 0 Å². The van der Waals surface area contributed by atoms with Gasteiger partial charge in [0.15, 0.2) is 11.4 Å². The number of para-hydroxylation sites is 2. The molecule has 68 heavy (non-hydrogen) atoms. The Hall–Kier alpha value is -8.65. The first-order valence-electron chi connectivity index (χ1n) is 22.4. The fourth-order valence-electron chi connectivity index (χ4n) is 10.3. The number of hydrogen-bond acceptors (Lipinski definition) is 0. The number of fused-ring (bicyclic) bond motifs is 6. The second-order valence-electron chi connectivity index (χ2n) is 17.8. The Labute approximate surface area is 392 Å². The summed E-state index contributed by atoms with van der Waals surface area (Å²) >= 11 is 0. The van der Waals surface area contributed by atoms with Crippen molar-refractivity contribution < 1.29 is 13.2 Å². The number of aryl methyl sites for hydroxylation is 4. The van der Waals surface area contributed by atoms with Crippen LogP contribution in [-0.4, -0.2) is 9.13 Å². The van der Waals surface area contributed by atoms with Gasteiger partial charge in [-0.3, -0.25) is 0 Å². The highest BCUT2D eigenvalue weighted by Gasteiger charge is 2.31. The molecule has 0 radical (unpaired) electrons. The molecule has 11 rings (SSSR count). The van der Waals surface area contributed by atoms with E-state index < -0.39 is 11.7 Å². The zero-order chi connectivity index (χ0) is 47.0. The van der Waals surface area contributed by atoms with E-state index in [4.69, 9.17) is 13.1 Å². The van der Waals surface area contributed by atoms with Crippen LogP contribution in [0.2, 0.25) is 0 Å². The van der Waals surface area contributed by atoms with Crippen molar-refractivity contribution in [2.24, 2.45) is 0 Å². The predicted molar refractivity (Wildman–Crippen MR) is 273 cm³/mol. The normalized spacial score (nSPS) is 11.7. The standard InChI is InChI=1S/C61H41F3N4/c1-36-25-37(2)28-43(27-36)40-16-22-57-51(31-40)48-11-7-9-13-55(48)67(57)59-24-19-46(65-5)35-53(59)50-20-15-42(47-21-18-45(61(62,63)64)34-54(47)66-6)33-60(50)68-56-14-10-8-12-49(56)52-32-41(17-23-58(52)68)44-29-38(3)26-39(4)30-44/h7-35H,1-4H3. The second kappa shape index (κ2) is 16.0. The molecule has 0 aliphatic rings. The molecule has 0 aliphatic carbocycles. The number of halogens is 3. The van der Waals surface area contributed by atoms with Gasteiger partial charge in [-0.15, -0.1) is 0 Å². The minimum atomic E-state index is -4.61. The minimum absolute atomic E-state index is 0.0972. The van der Waals surface area contributed by atoms with Crippen molar-refractivity contribution in [2.75, 3.05) is 0 Å². The van der Waals surface area contributed by atoms with Gasteiger partial charge in [0, 0.05) is 32.7 Å². The number of nitrogens with zero attached hydrogens (tertiary/aromatic N) is 4. The van der Waals surface area contributed by atoms with Crippen molar-refractivity contribution in [3.63, 3.8) is 0 Å². The van der Waals surface area contributed by atoms with Gasteiger partial charge >= 0.3 is 6.18 Å². The van der Waals surface area contributed by atoms with Crippen molar-refractivity contribution in [3.05, 3.63) is 227 Å². The Morgan fingerprint density at radius 2 is 0.882 bits per heavy atom. The summed E-state index contributed by atoms with van der Waals surface area (Å²) in [4.78, 5) is 7.54. The van der Waals surface area contributed by atoms with Gasteiger partial charge in [-0.1, -0.05) is 138 Å². The Kier molecular flexibility index (Phi) is 9.92. The van der Waals surface area contributed by atoms with Gasteiger partial charge in [0.1, 0.15) is 0 Å². The Balaban J connectivity index is 1.21. The molecule has 326 valence electrons. The van der Waals surface area contributed by atoms with Crippen LogP contribution in [0.15, 0.2) is 176 Å². The number of alkyl halides is 3. The van der Waals surface area contributed by atoms with Crippen LogP contribution in [0.1, 0.15) is 27.8 Å². The van der Waals surface area contributed by atoms with Gasteiger partial charge in [0.05, 0.1) is 46.6 Å². The molecule has 0 N–H and O–H groups in total. The van der Waals surface area contributed by atoms with Crippen LogP contribution >= 0.6 is 0 Å². The third-order valence-electron chi connectivity index (χ3n) is 13.1. The summed E-state index contributed by atoms with van der Waals surface area (Å²) in [6.45, 7) is 24.7. The maximum atomic E-state index is 14.0. The van der Waals surface area contributed by atoms with E-state index in [1.807, 2.05) is 54.6 Å². The molecule has 2 aromatic heterocycles. The molecule has 0 saturated heterocycles. The Morgan fingerprint density at radius 1 is 0.382 bits per heavy atom. The van der Waals surface area contributed by atoms with E-state index in [-0.39, 0.29) is 5.69 Å². The zero-order valence-electron chi connectivity index (χ0n) is 37.7. The predicted octanol–water partition coefficient (Wildman–Crippen LogP) is 17.9. The van der Waals surface area contributed by atoms with Crippen molar-refractivity contribution in [3.8, 4) is 55.9 Å². The average molecular weight is 887 g/mol. The van der Waals surface area contributed by atoms with Gasteiger partial charge in [0.2, 0.25) is 0 Å². The molecule has 0 spiro atoms. The van der Waals surface area contributed by atoms with Crippen LogP contribution < -0.4 is 0 Å². The van der Waals surface area contributed by atoms with Crippen molar-refractivity contribution >= 4 is 55.0 Å². The molecule has 0 amide bonds. The topological polar surface area (TPSA) is 18.6 Å². The number of aromatic nitrogens is 2. The highest BCUT2D eigenvalue weighted by molar-refractivity contribution is 6.13. The molecule has 0 fully saturated rings. The summed E-state index contributed by atoms with van der Waals surface area (Å²) in [6.07, 6.45) is -4.61. The summed E-state index contributed by atoms with van der Waals surface area (Å²) in [5.41, 5.74) is 16.7. The van der Waals surface area contributed by atoms with Crippen molar-refractivity contribution in [1.82, 2.24) is 9.13 Å². The molecule has 11 aromatic rings. The fourth-order valence-corrected chi connectivity index (χ4v) is 10.3. The third kappa shape index (κ3) is 7.08. The molecule has 9 aromatic carbocycles. The van der Waals surface area contributed by atoms with Crippen LogP contribution in [0.5, 0.6) is 0 Å². The van der Waals surface area contributed by atoms with Crippen LogP contribution in [-0.2, 0) is 6.18 Å². The van der Waals surface area contributed by atoms with Gasteiger partial charge in [-0.05, 0) is 127 Å². The molecule has 0 atom stereocenters. The van der Waals surface area contributed by atoms with Crippen molar-refractivity contribution in [1.29, 1.82) is 0 Å². The summed E-state index contributed by atoms with van der Waals surface area (Å²) in [5.74, 6) is 0. The lowest BCUT2D eigenvalue weighted by Gasteiger charge is -2.20.